The monoisotopic (exact) mass is 268 g/mol. The van der Waals surface area contributed by atoms with Gasteiger partial charge in [0, 0.05) is 25.8 Å². The summed E-state index contributed by atoms with van der Waals surface area (Å²) in [4.78, 5) is 10.8. The first kappa shape index (κ1) is 15.7. The van der Waals surface area contributed by atoms with Crippen LogP contribution in [0.3, 0.4) is 0 Å². The van der Waals surface area contributed by atoms with Crippen molar-refractivity contribution in [2.45, 2.75) is 20.5 Å². The van der Waals surface area contributed by atoms with Crippen molar-refractivity contribution in [2.75, 3.05) is 45.7 Å². The smallest absolute Gasteiger partial charge is 0.218 e. The zero-order valence-electron chi connectivity index (χ0n) is 12.3. The van der Waals surface area contributed by atoms with E-state index in [-0.39, 0.29) is 0 Å². The van der Waals surface area contributed by atoms with Crippen LogP contribution in [0.2, 0.25) is 0 Å². The molecule has 1 aromatic heterocycles. The van der Waals surface area contributed by atoms with E-state index >= 15 is 0 Å². The van der Waals surface area contributed by atoms with Crippen LogP contribution in [-0.2, 0) is 11.3 Å². The molecule has 0 radical (unpaired) electrons. The number of nitrogens with zero attached hydrogens (tertiary/aromatic N) is 3. The molecule has 0 fully saturated rings. The molecule has 0 aromatic carbocycles. The predicted molar refractivity (Wildman–Crippen MR) is 75.6 cm³/mol. The van der Waals surface area contributed by atoms with Crippen LogP contribution in [0.1, 0.15) is 19.7 Å². The molecule has 0 aliphatic carbocycles. The van der Waals surface area contributed by atoms with Crippen LogP contribution in [0.25, 0.3) is 0 Å². The Kier molecular flexibility index (Phi) is 7.14. The van der Waals surface area contributed by atoms with E-state index in [9.17, 15) is 0 Å². The summed E-state index contributed by atoms with van der Waals surface area (Å²) in [5, 5.41) is 3.17. The fourth-order valence-electron chi connectivity index (χ4n) is 1.41. The number of aromatic nitrogens is 2. The molecule has 108 valence electrons. The number of ether oxygens (including phenoxy) is 2. The van der Waals surface area contributed by atoms with Gasteiger partial charge in [-0.25, -0.2) is 4.98 Å². The minimum Gasteiger partial charge on any atom is -0.476 e. The lowest BCUT2D eigenvalue weighted by molar-refractivity contribution is 0.127. The summed E-state index contributed by atoms with van der Waals surface area (Å²) in [5.74, 6) is 2.00. The van der Waals surface area contributed by atoms with Crippen LogP contribution >= 0.6 is 0 Å². The summed E-state index contributed by atoms with van der Waals surface area (Å²) >= 11 is 0. The van der Waals surface area contributed by atoms with Crippen LogP contribution in [0, 0.1) is 0 Å². The van der Waals surface area contributed by atoms with Crippen molar-refractivity contribution in [3.8, 4) is 5.88 Å². The van der Waals surface area contributed by atoms with E-state index in [4.69, 9.17) is 9.47 Å². The van der Waals surface area contributed by atoms with E-state index in [1.165, 1.54) is 0 Å². The molecular formula is C13H24N4O2. The Morgan fingerprint density at radius 2 is 2.05 bits per heavy atom. The van der Waals surface area contributed by atoms with Crippen LogP contribution in [0.15, 0.2) is 6.07 Å². The Balaban J connectivity index is 2.68. The largest absolute Gasteiger partial charge is 0.476 e. The lowest BCUT2D eigenvalue weighted by atomic mass is 10.5. The van der Waals surface area contributed by atoms with Crippen molar-refractivity contribution in [2.24, 2.45) is 0 Å². The number of rotatable bonds is 9. The van der Waals surface area contributed by atoms with E-state index in [0.29, 0.717) is 31.5 Å². The van der Waals surface area contributed by atoms with Crippen molar-refractivity contribution in [1.82, 2.24) is 14.9 Å². The highest BCUT2D eigenvalue weighted by Crippen LogP contribution is 2.14. The van der Waals surface area contributed by atoms with Crippen LogP contribution in [0.5, 0.6) is 5.88 Å². The Labute approximate surface area is 115 Å². The van der Waals surface area contributed by atoms with Crippen molar-refractivity contribution < 1.29 is 9.47 Å². The van der Waals surface area contributed by atoms with Gasteiger partial charge in [-0.2, -0.15) is 4.98 Å². The van der Waals surface area contributed by atoms with Gasteiger partial charge in [0.25, 0.3) is 0 Å². The molecule has 0 atom stereocenters. The highest BCUT2D eigenvalue weighted by molar-refractivity contribution is 5.38. The Morgan fingerprint density at radius 3 is 2.68 bits per heavy atom. The van der Waals surface area contributed by atoms with Crippen LogP contribution in [0.4, 0.5) is 5.82 Å². The van der Waals surface area contributed by atoms with E-state index in [0.717, 1.165) is 18.9 Å². The molecule has 0 unspecified atom stereocenters. The Morgan fingerprint density at radius 1 is 1.26 bits per heavy atom. The van der Waals surface area contributed by atoms with Gasteiger partial charge in [0.2, 0.25) is 5.88 Å². The molecule has 1 N–H and O–H groups in total. The second-order valence-corrected chi connectivity index (χ2v) is 4.33. The van der Waals surface area contributed by atoms with Gasteiger partial charge in [-0.15, -0.1) is 0 Å². The predicted octanol–water partition coefficient (Wildman–Crippen LogP) is 1.39. The summed E-state index contributed by atoms with van der Waals surface area (Å²) < 4.78 is 11.0. The standard InChI is InChI=1S/C13H24N4O2/c1-5-14-11-9-13(19-8-7-17(3)4)16-12(15-11)10-18-6-2/h9H,5-8,10H2,1-4H3,(H,14,15,16). The van der Waals surface area contributed by atoms with Gasteiger partial charge in [-0.3, -0.25) is 0 Å². The Hall–Kier alpha value is -1.40. The molecule has 0 aliphatic rings. The second-order valence-electron chi connectivity index (χ2n) is 4.33. The fraction of sp³-hybridized carbons (Fsp3) is 0.692. The quantitative estimate of drug-likeness (QED) is 0.730. The molecule has 0 aliphatic heterocycles. The maximum absolute atomic E-state index is 5.64. The SMILES string of the molecule is CCNc1cc(OCCN(C)C)nc(COCC)n1. The third kappa shape index (κ3) is 6.35. The molecule has 0 saturated heterocycles. The molecule has 0 saturated carbocycles. The zero-order valence-corrected chi connectivity index (χ0v) is 12.3. The normalized spacial score (nSPS) is 10.8. The number of hydrogen-bond acceptors (Lipinski definition) is 6. The van der Waals surface area contributed by atoms with Crippen LogP contribution < -0.4 is 10.1 Å². The molecule has 0 amide bonds. The summed E-state index contributed by atoms with van der Waals surface area (Å²) in [6, 6.07) is 1.81. The van der Waals surface area contributed by atoms with E-state index in [1.54, 1.807) is 0 Å². The molecule has 0 spiro atoms. The zero-order chi connectivity index (χ0) is 14.1. The Bertz CT molecular complexity index is 372. The van der Waals surface area contributed by atoms with Crippen molar-refractivity contribution in [3.05, 3.63) is 11.9 Å². The summed E-state index contributed by atoms with van der Waals surface area (Å²) in [5.41, 5.74) is 0. The average Bonchev–Trinajstić information content (AvgIpc) is 2.36. The topological polar surface area (TPSA) is 59.5 Å². The first-order chi connectivity index (χ1) is 9.15. The van der Waals surface area contributed by atoms with Gasteiger partial charge in [0.1, 0.15) is 19.0 Å². The molecule has 6 nitrogen and oxygen atoms in total. The van der Waals surface area contributed by atoms with Crippen molar-refractivity contribution in [3.63, 3.8) is 0 Å². The first-order valence-corrected chi connectivity index (χ1v) is 6.62. The van der Waals surface area contributed by atoms with Gasteiger partial charge in [0.05, 0.1) is 0 Å². The van der Waals surface area contributed by atoms with Crippen molar-refractivity contribution in [1.29, 1.82) is 0 Å². The highest BCUT2D eigenvalue weighted by atomic mass is 16.5. The molecule has 19 heavy (non-hydrogen) atoms. The summed E-state index contributed by atoms with van der Waals surface area (Å²) in [6.07, 6.45) is 0. The molecule has 6 heteroatoms. The third-order valence-corrected chi connectivity index (χ3v) is 2.33. The maximum Gasteiger partial charge on any atom is 0.218 e. The molecule has 1 heterocycles. The molecule has 1 aromatic rings. The average molecular weight is 268 g/mol. The number of likely N-dealkylation sites (N-methyl/N-ethyl adjacent to an activating group) is 1. The minimum absolute atomic E-state index is 0.403. The van der Waals surface area contributed by atoms with Gasteiger partial charge < -0.3 is 19.7 Å². The maximum atomic E-state index is 5.64. The van der Waals surface area contributed by atoms with Crippen LogP contribution in [-0.4, -0.2) is 55.3 Å². The number of nitrogens with one attached hydrogen (secondary N) is 1. The third-order valence-electron chi connectivity index (χ3n) is 2.33. The van der Waals surface area contributed by atoms with Gasteiger partial charge >= 0.3 is 0 Å². The van der Waals surface area contributed by atoms with Crippen molar-refractivity contribution >= 4 is 5.82 Å². The van der Waals surface area contributed by atoms with E-state index in [2.05, 4.69) is 20.2 Å². The second kappa shape index (κ2) is 8.66. The lowest BCUT2D eigenvalue weighted by Gasteiger charge is -2.12. The van der Waals surface area contributed by atoms with E-state index in [1.807, 2.05) is 34.0 Å². The molecule has 1 rings (SSSR count). The van der Waals surface area contributed by atoms with Gasteiger partial charge in [-0.1, -0.05) is 0 Å². The van der Waals surface area contributed by atoms with E-state index < -0.39 is 0 Å². The highest BCUT2D eigenvalue weighted by Gasteiger charge is 2.05. The summed E-state index contributed by atoms with van der Waals surface area (Å²) in [7, 11) is 4.02. The minimum atomic E-state index is 0.403. The number of anilines is 1. The first-order valence-electron chi connectivity index (χ1n) is 6.62. The molecular weight excluding hydrogens is 244 g/mol. The van der Waals surface area contributed by atoms with Gasteiger partial charge in [-0.05, 0) is 27.9 Å². The molecule has 0 bridgehead atoms. The lowest BCUT2D eigenvalue weighted by Crippen LogP contribution is -2.20. The fourth-order valence-corrected chi connectivity index (χ4v) is 1.41. The summed E-state index contributed by atoms with van der Waals surface area (Å²) in [6.45, 7) is 7.28. The number of hydrogen-bond donors (Lipinski definition) is 1. The van der Waals surface area contributed by atoms with Gasteiger partial charge in [0.15, 0.2) is 5.82 Å².